The minimum atomic E-state index is -4.53. The molecule has 2 aromatic rings. The third-order valence-electron chi connectivity index (χ3n) is 3.15. The van der Waals surface area contributed by atoms with Crippen molar-refractivity contribution in [1.29, 1.82) is 0 Å². The van der Waals surface area contributed by atoms with E-state index < -0.39 is 24.7 Å². The second kappa shape index (κ2) is 8.18. The second-order valence-electron chi connectivity index (χ2n) is 5.14. The minimum absolute atomic E-state index is 0.246. The molecule has 0 unspecified atom stereocenters. The molecule has 132 valence electrons. The van der Waals surface area contributed by atoms with Gasteiger partial charge in [-0.2, -0.15) is 13.2 Å². The van der Waals surface area contributed by atoms with Gasteiger partial charge in [0.2, 0.25) is 5.91 Å². The number of benzene rings is 2. The lowest BCUT2D eigenvalue weighted by atomic mass is 10.1. The molecule has 3 amide bonds. The van der Waals surface area contributed by atoms with Crippen molar-refractivity contribution >= 4 is 17.6 Å². The van der Waals surface area contributed by atoms with Gasteiger partial charge in [-0.15, -0.1) is 0 Å². The smallest absolute Gasteiger partial charge is 0.376 e. The Hall–Kier alpha value is -3.03. The van der Waals surface area contributed by atoms with E-state index in [-0.39, 0.29) is 6.54 Å². The molecule has 0 spiro atoms. The zero-order valence-electron chi connectivity index (χ0n) is 13.1. The highest BCUT2D eigenvalue weighted by molar-refractivity contribution is 5.96. The van der Waals surface area contributed by atoms with Crippen molar-refractivity contribution in [3.05, 3.63) is 54.6 Å². The van der Waals surface area contributed by atoms with Crippen molar-refractivity contribution in [3.8, 4) is 11.1 Å². The van der Waals surface area contributed by atoms with E-state index in [4.69, 9.17) is 0 Å². The topological polar surface area (TPSA) is 70.2 Å². The Bertz CT molecular complexity index is 716. The maximum absolute atomic E-state index is 11.9. The highest BCUT2D eigenvalue weighted by atomic mass is 19.4. The molecule has 0 radical (unpaired) electrons. The van der Waals surface area contributed by atoms with Gasteiger partial charge < -0.3 is 10.6 Å². The first-order chi connectivity index (χ1) is 11.8. The highest BCUT2D eigenvalue weighted by Crippen LogP contribution is 2.20. The Balaban J connectivity index is 1.79. The zero-order valence-corrected chi connectivity index (χ0v) is 13.1. The summed E-state index contributed by atoms with van der Waals surface area (Å²) in [7, 11) is 0. The van der Waals surface area contributed by atoms with E-state index in [0.717, 1.165) is 11.1 Å². The number of hydrogen-bond donors (Lipinski definition) is 3. The van der Waals surface area contributed by atoms with Crippen LogP contribution >= 0.6 is 0 Å². The Morgan fingerprint density at radius 2 is 1.48 bits per heavy atom. The Labute approximate surface area is 142 Å². The maximum Gasteiger partial charge on any atom is 0.405 e. The van der Waals surface area contributed by atoms with E-state index in [1.165, 1.54) is 0 Å². The van der Waals surface area contributed by atoms with E-state index in [2.05, 4.69) is 5.32 Å². The van der Waals surface area contributed by atoms with Gasteiger partial charge in [0.05, 0.1) is 6.54 Å². The van der Waals surface area contributed by atoms with E-state index in [0.29, 0.717) is 5.69 Å². The summed E-state index contributed by atoms with van der Waals surface area (Å²) in [6, 6.07) is 15.8. The largest absolute Gasteiger partial charge is 0.405 e. The van der Waals surface area contributed by atoms with Crippen LogP contribution in [0.1, 0.15) is 0 Å². The number of anilines is 1. The quantitative estimate of drug-likeness (QED) is 0.775. The average molecular weight is 351 g/mol. The number of nitrogens with one attached hydrogen (secondary N) is 3. The average Bonchev–Trinajstić information content (AvgIpc) is 2.59. The lowest BCUT2D eigenvalue weighted by Crippen LogP contribution is -2.45. The molecule has 0 aromatic heterocycles. The molecule has 8 heteroatoms. The van der Waals surface area contributed by atoms with Gasteiger partial charge >= 0.3 is 12.2 Å². The normalized spacial score (nSPS) is 10.8. The Kier molecular flexibility index (Phi) is 5.99. The molecule has 0 fully saturated rings. The fourth-order valence-corrected chi connectivity index (χ4v) is 1.99. The molecule has 0 aliphatic rings. The van der Waals surface area contributed by atoms with Gasteiger partial charge in [-0.25, -0.2) is 4.79 Å². The minimum Gasteiger partial charge on any atom is -0.376 e. The zero-order chi connectivity index (χ0) is 18.3. The summed E-state index contributed by atoms with van der Waals surface area (Å²) in [4.78, 5) is 22.7. The molecule has 0 saturated carbocycles. The third-order valence-corrected chi connectivity index (χ3v) is 3.15. The van der Waals surface area contributed by atoms with Crippen molar-refractivity contribution in [3.63, 3.8) is 0 Å². The molecule has 2 rings (SSSR count). The molecule has 0 bridgehead atoms. The monoisotopic (exact) mass is 351 g/mol. The number of hydrogen-bond acceptors (Lipinski definition) is 3. The van der Waals surface area contributed by atoms with Crippen LogP contribution in [0.3, 0.4) is 0 Å². The van der Waals surface area contributed by atoms with Crippen molar-refractivity contribution in [2.75, 3.05) is 18.4 Å². The highest BCUT2D eigenvalue weighted by Gasteiger charge is 2.27. The third kappa shape index (κ3) is 6.54. The van der Waals surface area contributed by atoms with Crippen molar-refractivity contribution in [2.45, 2.75) is 6.18 Å². The van der Waals surface area contributed by atoms with E-state index in [1.54, 1.807) is 17.4 Å². The van der Waals surface area contributed by atoms with E-state index in [1.807, 2.05) is 47.8 Å². The predicted molar refractivity (Wildman–Crippen MR) is 88.0 cm³/mol. The second-order valence-corrected chi connectivity index (χ2v) is 5.14. The fraction of sp³-hybridized carbons (Fsp3) is 0.176. The molecule has 0 aliphatic heterocycles. The number of carbonyl (C=O) groups excluding carboxylic acids is 2. The van der Waals surface area contributed by atoms with Crippen LogP contribution in [0.25, 0.3) is 11.1 Å². The molecule has 2 aromatic carbocycles. The number of imide groups is 1. The number of halogens is 3. The van der Waals surface area contributed by atoms with Crippen molar-refractivity contribution < 1.29 is 22.8 Å². The molecule has 0 heterocycles. The lowest BCUT2D eigenvalue weighted by molar-refractivity contribution is -0.124. The van der Waals surface area contributed by atoms with Gasteiger partial charge in [-0.3, -0.25) is 10.1 Å². The molecule has 0 atom stereocenters. The van der Waals surface area contributed by atoms with Crippen LogP contribution in [0, 0.1) is 0 Å². The van der Waals surface area contributed by atoms with Crippen molar-refractivity contribution in [1.82, 2.24) is 10.6 Å². The van der Waals surface area contributed by atoms with E-state index in [9.17, 15) is 22.8 Å². The Morgan fingerprint density at radius 1 is 0.880 bits per heavy atom. The van der Waals surface area contributed by atoms with E-state index >= 15 is 0 Å². The summed E-state index contributed by atoms with van der Waals surface area (Å²) < 4.78 is 35.8. The summed E-state index contributed by atoms with van der Waals surface area (Å²) >= 11 is 0. The standard InChI is InChI=1S/C17H16F3N3O2/c18-17(19,20)11-22-16(25)23-15(24)10-21-14-8-6-13(7-9-14)12-4-2-1-3-5-12/h1-9,21H,10-11H2,(H2,22,23,24,25). The predicted octanol–water partition coefficient (Wildman–Crippen LogP) is 3.15. The van der Waals surface area contributed by atoms with Crippen LogP contribution < -0.4 is 16.0 Å². The van der Waals surface area contributed by atoms with Crippen LogP contribution in [0.2, 0.25) is 0 Å². The first kappa shape index (κ1) is 18.3. The number of carbonyl (C=O) groups is 2. The summed E-state index contributed by atoms with van der Waals surface area (Å²) in [5.41, 5.74) is 2.70. The summed E-state index contributed by atoms with van der Waals surface area (Å²) in [6.07, 6.45) is -4.53. The van der Waals surface area contributed by atoms with Gasteiger partial charge in [-0.1, -0.05) is 42.5 Å². The molecule has 3 N–H and O–H groups in total. The van der Waals surface area contributed by atoms with Crippen LogP contribution in [0.5, 0.6) is 0 Å². The number of alkyl halides is 3. The Morgan fingerprint density at radius 3 is 2.08 bits per heavy atom. The molecular weight excluding hydrogens is 335 g/mol. The summed E-state index contributed by atoms with van der Waals surface area (Å²) in [5, 5.41) is 6.15. The fourth-order valence-electron chi connectivity index (χ4n) is 1.99. The summed E-state index contributed by atoms with van der Waals surface area (Å²) in [6.45, 7) is -1.75. The summed E-state index contributed by atoms with van der Waals surface area (Å²) in [5.74, 6) is -0.744. The van der Waals surface area contributed by atoms with Gasteiger partial charge in [0.15, 0.2) is 0 Å². The van der Waals surface area contributed by atoms with Gasteiger partial charge in [0.1, 0.15) is 6.54 Å². The van der Waals surface area contributed by atoms with Crippen LogP contribution in [-0.2, 0) is 4.79 Å². The lowest BCUT2D eigenvalue weighted by Gasteiger charge is -2.10. The number of rotatable bonds is 5. The van der Waals surface area contributed by atoms with Gasteiger partial charge in [0.25, 0.3) is 0 Å². The maximum atomic E-state index is 11.9. The van der Waals surface area contributed by atoms with Crippen molar-refractivity contribution in [2.24, 2.45) is 0 Å². The number of urea groups is 1. The van der Waals surface area contributed by atoms with Crippen LogP contribution in [0.4, 0.5) is 23.7 Å². The van der Waals surface area contributed by atoms with Gasteiger partial charge in [0, 0.05) is 5.69 Å². The van der Waals surface area contributed by atoms with Crippen LogP contribution in [0.15, 0.2) is 54.6 Å². The molecule has 25 heavy (non-hydrogen) atoms. The molecule has 0 saturated heterocycles. The molecule has 0 aliphatic carbocycles. The van der Waals surface area contributed by atoms with Crippen LogP contribution in [-0.4, -0.2) is 31.2 Å². The first-order valence-electron chi connectivity index (χ1n) is 7.37. The molecule has 5 nitrogen and oxygen atoms in total. The SMILES string of the molecule is O=C(CNc1ccc(-c2ccccc2)cc1)NC(=O)NCC(F)(F)F. The van der Waals surface area contributed by atoms with Gasteiger partial charge in [-0.05, 0) is 23.3 Å². The molecular formula is C17H16F3N3O2. The number of amides is 3. The first-order valence-corrected chi connectivity index (χ1v) is 7.37.